The summed E-state index contributed by atoms with van der Waals surface area (Å²) in [5.41, 5.74) is 1.24. The van der Waals surface area contributed by atoms with E-state index in [2.05, 4.69) is 13.0 Å². The lowest BCUT2D eigenvalue weighted by atomic mass is 10.2. The minimum Gasteiger partial charge on any atom is -0.389 e. The van der Waals surface area contributed by atoms with E-state index in [1.165, 1.54) is 5.57 Å². The van der Waals surface area contributed by atoms with E-state index in [0.29, 0.717) is 0 Å². The van der Waals surface area contributed by atoms with Gasteiger partial charge in [-0.1, -0.05) is 19.4 Å². The first-order valence-corrected chi connectivity index (χ1v) is 3.21. The molecule has 8 heavy (non-hydrogen) atoms. The fourth-order valence-corrected chi connectivity index (χ4v) is 0.790. The van der Waals surface area contributed by atoms with Crippen LogP contribution in [0.5, 0.6) is 0 Å². The Kier molecular flexibility index (Phi) is 1.69. The van der Waals surface area contributed by atoms with Crippen molar-refractivity contribution in [3.8, 4) is 0 Å². The fourth-order valence-electron chi connectivity index (χ4n) is 0.790. The van der Waals surface area contributed by atoms with Gasteiger partial charge in [-0.2, -0.15) is 0 Å². The molecule has 0 aromatic heterocycles. The van der Waals surface area contributed by atoms with Gasteiger partial charge in [0.25, 0.3) is 0 Å². The maximum Gasteiger partial charge on any atom is 0.0753 e. The van der Waals surface area contributed by atoms with Crippen LogP contribution in [0.15, 0.2) is 11.6 Å². The van der Waals surface area contributed by atoms with Crippen LogP contribution in [0.25, 0.3) is 0 Å². The molecule has 0 saturated heterocycles. The first-order chi connectivity index (χ1) is 3.84. The first-order valence-electron chi connectivity index (χ1n) is 3.21. The summed E-state index contributed by atoms with van der Waals surface area (Å²) in [6.07, 6.45) is 5.05. The molecule has 0 aromatic carbocycles. The molecule has 0 radical (unpaired) electrons. The summed E-state index contributed by atoms with van der Waals surface area (Å²) in [5.74, 6) is 0. The van der Waals surface area contributed by atoms with Crippen molar-refractivity contribution < 1.29 is 5.11 Å². The van der Waals surface area contributed by atoms with E-state index in [9.17, 15) is 0 Å². The molecule has 1 rings (SSSR count). The number of aliphatic hydroxyl groups excluding tert-OH is 1. The standard InChI is InChI=1S/C7H12O/c1-2-3-7(8)6-4-5-6/h4,7-8H,2-3,5H2,1H3. The summed E-state index contributed by atoms with van der Waals surface area (Å²) in [4.78, 5) is 0. The van der Waals surface area contributed by atoms with E-state index in [0.717, 1.165) is 19.3 Å². The van der Waals surface area contributed by atoms with Crippen LogP contribution < -0.4 is 0 Å². The SMILES string of the molecule is CCCC(O)C1=CC1. The monoisotopic (exact) mass is 112 g/mol. The third-order valence-electron chi connectivity index (χ3n) is 1.43. The second-order valence-corrected chi connectivity index (χ2v) is 2.29. The van der Waals surface area contributed by atoms with Gasteiger partial charge in [-0.15, -0.1) is 0 Å². The van der Waals surface area contributed by atoms with Gasteiger partial charge >= 0.3 is 0 Å². The molecular weight excluding hydrogens is 100 g/mol. The quantitative estimate of drug-likeness (QED) is 0.548. The molecule has 0 spiro atoms. The van der Waals surface area contributed by atoms with Gasteiger partial charge in [-0.25, -0.2) is 0 Å². The van der Waals surface area contributed by atoms with Gasteiger partial charge in [0.1, 0.15) is 0 Å². The molecule has 0 fully saturated rings. The van der Waals surface area contributed by atoms with Crippen LogP contribution in [0, 0.1) is 0 Å². The van der Waals surface area contributed by atoms with Gasteiger partial charge in [0.2, 0.25) is 0 Å². The Bertz CT molecular complexity index is 105. The van der Waals surface area contributed by atoms with Gasteiger partial charge in [-0.05, 0) is 18.4 Å². The average Bonchev–Trinajstić information content (AvgIpc) is 2.45. The fraction of sp³-hybridized carbons (Fsp3) is 0.714. The first kappa shape index (κ1) is 5.83. The Morgan fingerprint density at radius 1 is 1.88 bits per heavy atom. The van der Waals surface area contributed by atoms with E-state index >= 15 is 0 Å². The Hall–Kier alpha value is -0.300. The number of aliphatic hydroxyl groups is 1. The van der Waals surface area contributed by atoms with Crippen LogP contribution in [0.3, 0.4) is 0 Å². The van der Waals surface area contributed by atoms with Crippen LogP contribution in [0.4, 0.5) is 0 Å². The van der Waals surface area contributed by atoms with Crippen molar-refractivity contribution in [2.24, 2.45) is 0 Å². The number of allylic oxidation sites excluding steroid dienone is 1. The second kappa shape index (κ2) is 2.31. The summed E-state index contributed by atoms with van der Waals surface area (Å²) in [6, 6.07) is 0. The molecule has 1 aliphatic rings. The van der Waals surface area contributed by atoms with Crippen molar-refractivity contribution in [2.75, 3.05) is 0 Å². The lowest BCUT2D eigenvalue weighted by Gasteiger charge is -2.01. The summed E-state index contributed by atoms with van der Waals surface area (Å²) in [5, 5.41) is 9.12. The van der Waals surface area contributed by atoms with E-state index in [-0.39, 0.29) is 6.10 Å². The van der Waals surface area contributed by atoms with Gasteiger partial charge in [0.15, 0.2) is 0 Å². The van der Waals surface area contributed by atoms with E-state index < -0.39 is 0 Å². The van der Waals surface area contributed by atoms with Gasteiger partial charge < -0.3 is 5.11 Å². The molecule has 1 unspecified atom stereocenters. The van der Waals surface area contributed by atoms with Gasteiger partial charge in [-0.3, -0.25) is 0 Å². The molecule has 0 bridgehead atoms. The molecule has 1 aliphatic carbocycles. The minimum atomic E-state index is -0.111. The molecule has 0 amide bonds. The van der Waals surface area contributed by atoms with Crippen molar-refractivity contribution in [3.63, 3.8) is 0 Å². The summed E-state index contributed by atoms with van der Waals surface area (Å²) in [6.45, 7) is 2.09. The zero-order chi connectivity index (χ0) is 5.98. The number of hydrogen-bond donors (Lipinski definition) is 1. The highest BCUT2D eigenvalue weighted by atomic mass is 16.3. The molecule has 0 saturated carbocycles. The lowest BCUT2D eigenvalue weighted by molar-refractivity contribution is 0.204. The zero-order valence-corrected chi connectivity index (χ0v) is 5.22. The van der Waals surface area contributed by atoms with E-state index in [1.807, 2.05) is 0 Å². The molecular formula is C7H12O. The Labute approximate surface area is 50.0 Å². The highest BCUT2D eigenvalue weighted by Gasteiger charge is 2.15. The Balaban J connectivity index is 2.13. The van der Waals surface area contributed by atoms with E-state index in [4.69, 9.17) is 5.11 Å². The topological polar surface area (TPSA) is 20.2 Å². The number of hydrogen-bond acceptors (Lipinski definition) is 1. The van der Waals surface area contributed by atoms with Crippen LogP contribution in [-0.4, -0.2) is 11.2 Å². The van der Waals surface area contributed by atoms with Crippen molar-refractivity contribution >= 4 is 0 Å². The summed E-state index contributed by atoms with van der Waals surface area (Å²) >= 11 is 0. The van der Waals surface area contributed by atoms with E-state index in [1.54, 1.807) is 0 Å². The smallest absolute Gasteiger partial charge is 0.0753 e. The van der Waals surface area contributed by atoms with Gasteiger partial charge in [0.05, 0.1) is 6.10 Å². The average molecular weight is 112 g/mol. The second-order valence-electron chi connectivity index (χ2n) is 2.29. The lowest BCUT2D eigenvalue weighted by Crippen LogP contribution is -2.02. The third-order valence-corrected chi connectivity index (χ3v) is 1.43. The highest BCUT2D eigenvalue weighted by molar-refractivity contribution is 5.25. The summed E-state index contributed by atoms with van der Waals surface area (Å²) < 4.78 is 0. The van der Waals surface area contributed by atoms with Crippen molar-refractivity contribution in [1.82, 2.24) is 0 Å². The van der Waals surface area contributed by atoms with Crippen molar-refractivity contribution in [1.29, 1.82) is 0 Å². The largest absolute Gasteiger partial charge is 0.389 e. The minimum absolute atomic E-state index is 0.111. The molecule has 0 heterocycles. The van der Waals surface area contributed by atoms with Gasteiger partial charge in [0, 0.05) is 0 Å². The predicted octanol–water partition coefficient (Wildman–Crippen LogP) is 1.48. The van der Waals surface area contributed by atoms with Crippen LogP contribution >= 0.6 is 0 Å². The maximum absolute atomic E-state index is 9.12. The highest BCUT2D eigenvalue weighted by Crippen LogP contribution is 2.24. The zero-order valence-electron chi connectivity index (χ0n) is 5.22. The third kappa shape index (κ3) is 1.34. The van der Waals surface area contributed by atoms with Crippen LogP contribution in [0.1, 0.15) is 26.2 Å². The van der Waals surface area contributed by atoms with Crippen molar-refractivity contribution in [2.45, 2.75) is 32.3 Å². The molecule has 0 aliphatic heterocycles. The molecule has 1 N–H and O–H groups in total. The van der Waals surface area contributed by atoms with Crippen LogP contribution in [0.2, 0.25) is 0 Å². The summed E-state index contributed by atoms with van der Waals surface area (Å²) in [7, 11) is 0. The predicted molar refractivity (Wildman–Crippen MR) is 33.6 cm³/mol. The normalized spacial score (nSPS) is 20.0. The Morgan fingerprint density at radius 2 is 2.50 bits per heavy atom. The molecule has 1 nitrogen and oxygen atoms in total. The number of rotatable bonds is 3. The maximum atomic E-state index is 9.12. The van der Waals surface area contributed by atoms with Crippen molar-refractivity contribution in [3.05, 3.63) is 11.6 Å². The Morgan fingerprint density at radius 3 is 2.88 bits per heavy atom. The molecule has 0 aromatic rings. The molecule has 46 valence electrons. The van der Waals surface area contributed by atoms with Crippen LogP contribution in [-0.2, 0) is 0 Å². The molecule has 1 atom stereocenters. The molecule has 1 heteroatoms.